The summed E-state index contributed by atoms with van der Waals surface area (Å²) in [5.74, 6) is 0.479. The van der Waals surface area contributed by atoms with Crippen LogP contribution in [0.1, 0.15) is 34.1 Å². The van der Waals surface area contributed by atoms with E-state index in [1.54, 1.807) is 73.7 Å². The number of nitrogens with one attached hydrogen (secondary N) is 2. The minimum absolute atomic E-state index is 0.0503. The Morgan fingerprint density at radius 3 is 2.12 bits per heavy atom. The quantitative estimate of drug-likeness (QED) is 0.484. The Morgan fingerprint density at radius 2 is 1.47 bits per heavy atom. The molecule has 7 nitrogen and oxygen atoms in total. The van der Waals surface area contributed by atoms with E-state index in [1.807, 2.05) is 6.07 Å². The second-order valence-electron chi connectivity index (χ2n) is 6.87. The minimum Gasteiger partial charge on any atom is -0.495 e. The van der Waals surface area contributed by atoms with Gasteiger partial charge in [-0.2, -0.15) is 0 Å². The molecule has 2 amide bonds. The number of ether oxygens (including phenoxy) is 2. The zero-order valence-corrected chi connectivity index (χ0v) is 17.9. The van der Waals surface area contributed by atoms with Crippen LogP contribution in [0.5, 0.6) is 11.5 Å². The molecule has 7 heteroatoms. The molecule has 164 valence electrons. The monoisotopic (exact) mass is 432 g/mol. The maximum absolute atomic E-state index is 12.5. The van der Waals surface area contributed by atoms with Crippen molar-refractivity contribution in [1.82, 2.24) is 0 Å². The maximum atomic E-state index is 12.5. The molecule has 2 N–H and O–H groups in total. The van der Waals surface area contributed by atoms with Gasteiger partial charge in [0.25, 0.3) is 11.8 Å². The Morgan fingerprint density at radius 1 is 0.812 bits per heavy atom. The van der Waals surface area contributed by atoms with Gasteiger partial charge in [-0.3, -0.25) is 14.4 Å². The Balaban J connectivity index is 1.52. The number of Topliss-reactive ketones (excluding diaryl/α,β-unsaturated/α-hetero) is 1. The van der Waals surface area contributed by atoms with E-state index in [0.29, 0.717) is 40.4 Å². The number of anilines is 2. The van der Waals surface area contributed by atoms with Gasteiger partial charge in [-0.25, -0.2) is 0 Å². The number of amides is 2. The summed E-state index contributed by atoms with van der Waals surface area (Å²) in [6.45, 7) is 1.62. The summed E-state index contributed by atoms with van der Waals surface area (Å²) in [6.07, 6.45) is 0.434. The summed E-state index contributed by atoms with van der Waals surface area (Å²) in [7, 11) is 1.54. The summed E-state index contributed by atoms with van der Waals surface area (Å²) in [4.78, 5) is 36.3. The van der Waals surface area contributed by atoms with Crippen LogP contribution in [0, 0.1) is 0 Å². The van der Waals surface area contributed by atoms with Gasteiger partial charge in [0.2, 0.25) is 0 Å². The third kappa shape index (κ3) is 5.95. The molecule has 3 aromatic carbocycles. The molecule has 0 heterocycles. The van der Waals surface area contributed by atoms with Crippen molar-refractivity contribution in [3.8, 4) is 11.5 Å². The molecule has 0 aliphatic carbocycles. The molecule has 0 spiro atoms. The highest BCUT2D eigenvalue weighted by Gasteiger charge is 2.10. The molecule has 0 saturated heterocycles. The molecule has 0 aliphatic rings. The van der Waals surface area contributed by atoms with E-state index < -0.39 is 0 Å². The van der Waals surface area contributed by atoms with Gasteiger partial charge in [-0.15, -0.1) is 0 Å². The molecule has 3 rings (SSSR count). The van der Waals surface area contributed by atoms with Crippen LogP contribution < -0.4 is 20.1 Å². The standard InChI is InChI=1S/C25H24N2O5/c1-3-22(28)17-10-14-20(15-11-17)32-16-24(29)26-19-12-8-18(9-13-19)25(30)27-21-6-4-5-7-23(21)31-2/h4-15H,3,16H2,1-2H3,(H,26,29)(H,27,30). The number of ketones is 1. The van der Waals surface area contributed by atoms with Gasteiger partial charge in [0.1, 0.15) is 11.5 Å². The zero-order chi connectivity index (χ0) is 22.9. The van der Waals surface area contributed by atoms with Crippen molar-refractivity contribution in [3.05, 3.63) is 83.9 Å². The SMILES string of the molecule is CCC(=O)c1ccc(OCC(=O)Nc2ccc(C(=O)Nc3ccccc3OC)cc2)cc1. The lowest BCUT2D eigenvalue weighted by Gasteiger charge is -2.11. The molecule has 0 aromatic heterocycles. The Kier molecular flexibility index (Phi) is 7.59. The van der Waals surface area contributed by atoms with E-state index in [2.05, 4.69) is 10.6 Å². The van der Waals surface area contributed by atoms with Gasteiger partial charge in [0.05, 0.1) is 12.8 Å². The minimum atomic E-state index is -0.343. The van der Waals surface area contributed by atoms with Crippen molar-refractivity contribution in [1.29, 1.82) is 0 Å². The van der Waals surface area contributed by atoms with Gasteiger partial charge < -0.3 is 20.1 Å². The first-order valence-corrected chi connectivity index (χ1v) is 10.1. The van der Waals surface area contributed by atoms with E-state index in [4.69, 9.17) is 9.47 Å². The Labute approximate surface area is 186 Å². The first kappa shape index (κ1) is 22.6. The van der Waals surface area contributed by atoms with Crippen LogP contribution in [-0.4, -0.2) is 31.3 Å². The molecule has 32 heavy (non-hydrogen) atoms. The Hall–Kier alpha value is -4.13. The normalized spacial score (nSPS) is 10.2. The number of rotatable bonds is 9. The molecule has 0 unspecified atom stereocenters. The first-order chi connectivity index (χ1) is 15.5. The van der Waals surface area contributed by atoms with Crippen molar-refractivity contribution in [2.75, 3.05) is 24.4 Å². The van der Waals surface area contributed by atoms with Crippen LogP contribution in [-0.2, 0) is 4.79 Å². The molecule has 0 radical (unpaired) electrons. The summed E-state index contributed by atoms with van der Waals surface area (Å²) >= 11 is 0. The lowest BCUT2D eigenvalue weighted by Crippen LogP contribution is -2.20. The fourth-order valence-corrected chi connectivity index (χ4v) is 2.93. The van der Waals surface area contributed by atoms with E-state index in [1.165, 1.54) is 7.11 Å². The molecule has 0 saturated carbocycles. The molecule has 3 aromatic rings. The van der Waals surface area contributed by atoms with Crippen LogP contribution >= 0.6 is 0 Å². The molecular formula is C25H24N2O5. The highest BCUT2D eigenvalue weighted by atomic mass is 16.5. The van der Waals surface area contributed by atoms with Crippen LogP contribution in [0.3, 0.4) is 0 Å². The number of carbonyl (C=O) groups excluding carboxylic acids is 3. The number of carbonyl (C=O) groups is 3. The summed E-state index contributed by atoms with van der Waals surface area (Å²) in [5, 5.41) is 5.51. The average Bonchev–Trinajstić information content (AvgIpc) is 2.83. The van der Waals surface area contributed by atoms with E-state index in [9.17, 15) is 14.4 Å². The number of benzene rings is 3. The first-order valence-electron chi connectivity index (χ1n) is 10.1. The van der Waals surface area contributed by atoms with Gasteiger partial charge in [-0.05, 0) is 60.7 Å². The number of para-hydroxylation sites is 2. The van der Waals surface area contributed by atoms with Crippen molar-refractivity contribution in [3.63, 3.8) is 0 Å². The lowest BCUT2D eigenvalue weighted by molar-refractivity contribution is -0.118. The van der Waals surface area contributed by atoms with Crippen molar-refractivity contribution in [2.45, 2.75) is 13.3 Å². The van der Waals surface area contributed by atoms with Crippen molar-refractivity contribution >= 4 is 29.0 Å². The van der Waals surface area contributed by atoms with E-state index in [0.717, 1.165) is 0 Å². The van der Waals surface area contributed by atoms with Gasteiger partial charge in [0, 0.05) is 23.2 Å². The highest BCUT2D eigenvalue weighted by Crippen LogP contribution is 2.24. The highest BCUT2D eigenvalue weighted by molar-refractivity contribution is 6.05. The lowest BCUT2D eigenvalue weighted by atomic mass is 10.1. The second kappa shape index (κ2) is 10.8. The molecule has 0 fully saturated rings. The Bertz CT molecular complexity index is 1090. The predicted molar refractivity (Wildman–Crippen MR) is 123 cm³/mol. The fraction of sp³-hybridized carbons (Fsp3) is 0.160. The fourth-order valence-electron chi connectivity index (χ4n) is 2.93. The molecule has 0 bridgehead atoms. The number of hydrogen-bond donors (Lipinski definition) is 2. The van der Waals surface area contributed by atoms with Crippen LogP contribution in [0.25, 0.3) is 0 Å². The smallest absolute Gasteiger partial charge is 0.262 e. The van der Waals surface area contributed by atoms with Crippen LogP contribution in [0.15, 0.2) is 72.8 Å². The largest absolute Gasteiger partial charge is 0.495 e. The van der Waals surface area contributed by atoms with E-state index >= 15 is 0 Å². The number of methoxy groups -OCH3 is 1. The summed E-state index contributed by atoms with van der Waals surface area (Å²) in [5.41, 5.74) is 2.16. The van der Waals surface area contributed by atoms with Gasteiger partial charge in [-0.1, -0.05) is 19.1 Å². The van der Waals surface area contributed by atoms with Gasteiger partial charge >= 0.3 is 0 Å². The zero-order valence-electron chi connectivity index (χ0n) is 17.9. The van der Waals surface area contributed by atoms with Crippen molar-refractivity contribution < 1.29 is 23.9 Å². The topological polar surface area (TPSA) is 93.7 Å². The predicted octanol–water partition coefficient (Wildman–Crippen LogP) is 4.56. The second-order valence-corrected chi connectivity index (χ2v) is 6.87. The molecular weight excluding hydrogens is 408 g/mol. The van der Waals surface area contributed by atoms with Gasteiger partial charge in [0.15, 0.2) is 12.4 Å². The van der Waals surface area contributed by atoms with Crippen molar-refractivity contribution in [2.24, 2.45) is 0 Å². The summed E-state index contributed by atoms with van der Waals surface area (Å²) < 4.78 is 10.7. The van der Waals surface area contributed by atoms with E-state index in [-0.39, 0.29) is 24.2 Å². The molecule has 0 atom stereocenters. The van der Waals surface area contributed by atoms with Crippen LogP contribution in [0.4, 0.5) is 11.4 Å². The molecule has 0 aliphatic heterocycles. The average molecular weight is 432 g/mol. The third-order valence-electron chi connectivity index (χ3n) is 4.65. The third-order valence-corrected chi connectivity index (χ3v) is 4.65. The number of hydrogen-bond acceptors (Lipinski definition) is 5. The summed E-state index contributed by atoms with van der Waals surface area (Å²) in [6, 6.07) is 20.3. The maximum Gasteiger partial charge on any atom is 0.262 e. The van der Waals surface area contributed by atoms with Crippen LogP contribution in [0.2, 0.25) is 0 Å².